The van der Waals surface area contributed by atoms with E-state index in [2.05, 4.69) is 43.7 Å². The van der Waals surface area contributed by atoms with Gasteiger partial charge in [0.15, 0.2) is 10.8 Å². The normalized spacial score (nSPS) is 20.4. The number of hydrogen-bond acceptors (Lipinski definition) is 8. The number of fused-ring (bicyclic) bond motifs is 1. The molecular formula is C24H26ClN7O2S. The zero-order valence-electron chi connectivity index (χ0n) is 19.4. The zero-order valence-corrected chi connectivity index (χ0v) is 21.0. The molecule has 0 radical (unpaired) electrons. The van der Waals surface area contributed by atoms with Crippen LogP contribution in [-0.2, 0) is 6.42 Å². The van der Waals surface area contributed by atoms with E-state index in [-0.39, 0.29) is 17.0 Å². The van der Waals surface area contributed by atoms with E-state index in [0.29, 0.717) is 28.2 Å². The molecular weight excluding hydrogens is 486 g/mol. The summed E-state index contributed by atoms with van der Waals surface area (Å²) in [6.45, 7) is 4.29. The maximum Gasteiger partial charge on any atom is 0.280 e. The molecule has 182 valence electrons. The van der Waals surface area contributed by atoms with Crippen LogP contribution in [0.15, 0.2) is 36.9 Å². The van der Waals surface area contributed by atoms with Gasteiger partial charge in [0.05, 0.1) is 36.1 Å². The first kappa shape index (κ1) is 23.8. The first-order valence-corrected chi connectivity index (χ1v) is 12.8. The minimum absolute atomic E-state index is 0.250. The number of aromatic nitrogens is 6. The van der Waals surface area contributed by atoms with Crippen molar-refractivity contribution in [3.05, 3.63) is 52.1 Å². The van der Waals surface area contributed by atoms with Gasteiger partial charge < -0.3 is 15.0 Å². The van der Waals surface area contributed by atoms with E-state index >= 15 is 0 Å². The van der Waals surface area contributed by atoms with Gasteiger partial charge in [0.2, 0.25) is 0 Å². The van der Waals surface area contributed by atoms with Gasteiger partial charge in [-0.1, -0.05) is 36.8 Å². The highest BCUT2D eigenvalue weighted by Gasteiger charge is 2.36. The van der Waals surface area contributed by atoms with Crippen molar-refractivity contribution < 1.29 is 9.90 Å². The number of carbonyl (C=O) groups is 1. The third-order valence-electron chi connectivity index (χ3n) is 6.18. The van der Waals surface area contributed by atoms with Gasteiger partial charge in [-0.05, 0) is 37.3 Å². The average Bonchev–Trinajstić information content (AvgIpc) is 3.43. The second-order valence-corrected chi connectivity index (χ2v) is 10.8. The maximum atomic E-state index is 12.7. The maximum absolute atomic E-state index is 12.7. The lowest BCUT2D eigenvalue weighted by atomic mass is 9.87. The summed E-state index contributed by atoms with van der Waals surface area (Å²) in [6, 6.07) is 3.04. The van der Waals surface area contributed by atoms with Crippen molar-refractivity contribution >= 4 is 39.9 Å². The smallest absolute Gasteiger partial charge is 0.280 e. The van der Waals surface area contributed by atoms with Crippen LogP contribution in [-0.4, -0.2) is 52.6 Å². The lowest BCUT2D eigenvalue weighted by Crippen LogP contribution is -2.49. The molecule has 2 N–H and O–H groups in total. The van der Waals surface area contributed by atoms with Crippen molar-refractivity contribution in [3.8, 4) is 11.5 Å². The Bertz CT molecular complexity index is 1340. The Morgan fingerprint density at radius 2 is 2.03 bits per heavy atom. The zero-order chi connectivity index (χ0) is 24.5. The molecule has 35 heavy (non-hydrogen) atoms. The van der Waals surface area contributed by atoms with Gasteiger partial charge in [-0.25, -0.2) is 19.9 Å². The van der Waals surface area contributed by atoms with Gasteiger partial charge in [0.1, 0.15) is 21.4 Å². The third kappa shape index (κ3) is 4.91. The van der Waals surface area contributed by atoms with Crippen LogP contribution in [0.5, 0.6) is 0 Å². The third-order valence-corrected chi connectivity index (χ3v) is 7.29. The fourth-order valence-corrected chi connectivity index (χ4v) is 5.48. The SMILES string of the molecule is CC(C)Cc1nc2cnc(-c3ncccn3)cc2n1C1CCCC(NC(=O)c2ncc(Cl)s2)C1O. The molecule has 3 atom stereocenters. The molecule has 1 saturated carbocycles. The fourth-order valence-electron chi connectivity index (χ4n) is 4.67. The van der Waals surface area contributed by atoms with Gasteiger partial charge in [-0.2, -0.15) is 0 Å². The predicted molar refractivity (Wildman–Crippen MR) is 134 cm³/mol. The summed E-state index contributed by atoms with van der Waals surface area (Å²) >= 11 is 7.06. The van der Waals surface area contributed by atoms with Crippen LogP contribution in [0.4, 0.5) is 0 Å². The largest absolute Gasteiger partial charge is 0.389 e. The lowest BCUT2D eigenvalue weighted by Gasteiger charge is -2.37. The average molecular weight is 512 g/mol. The molecule has 1 aliphatic rings. The van der Waals surface area contributed by atoms with Gasteiger partial charge in [0.25, 0.3) is 5.91 Å². The number of carbonyl (C=O) groups excluding carboxylic acids is 1. The molecule has 3 unspecified atom stereocenters. The van der Waals surface area contributed by atoms with E-state index in [0.717, 1.165) is 47.5 Å². The Morgan fingerprint density at radius 1 is 1.23 bits per heavy atom. The molecule has 11 heteroatoms. The number of rotatable bonds is 6. The number of imidazole rings is 1. The van der Waals surface area contributed by atoms with Crippen LogP contribution in [0, 0.1) is 5.92 Å². The first-order chi connectivity index (χ1) is 16.9. The highest BCUT2D eigenvalue weighted by atomic mass is 35.5. The second-order valence-electron chi connectivity index (χ2n) is 9.16. The molecule has 4 heterocycles. The minimum Gasteiger partial charge on any atom is -0.389 e. The summed E-state index contributed by atoms with van der Waals surface area (Å²) in [5.74, 6) is 1.48. The first-order valence-electron chi connectivity index (χ1n) is 11.6. The number of aliphatic hydroxyl groups is 1. The Morgan fingerprint density at radius 3 is 2.74 bits per heavy atom. The number of nitrogens with one attached hydrogen (secondary N) is 1. The van der Waals surface area contributed by atoms with E-state index in [4.69, 9.17) is 16.6 Å². The van der Waals surface area contributed by atoms with Crippen LogP contribution in [0.3, 0.4) is 0 Å². The summed E-state index contributed by atoms with van der Waals surface area (Å²) in [5, 5.41) is 14.7. The minimum atomic E-state index is -0.795. The molecule has 1 fully saturated rings. The standard InChI is InChI=1S/C24H26ClN7O2S/c1-13(2)9-20-30-16-11-28-15(22-26-7-4-8-27-22)10-18(16)32(20)17-6-3-5-14(21(17)33)31-23(34)24-29-12-19(25)35-24/h4,7-8,10-14,17,21,33H,3,5-6,9H2,1-2H3,(H,31,34). The molecule has 4 aromatic heterocycles. The highest BCUT2D eigenvalue weighted by molar-refractivity contribution is 7.17. The van der Waals surface area contributed by atoms with E-state index in [1.807, 2.05) is 6.07 Å². The molecule has 9 nitrogen and oxygen atoms in total. The van der Waals surface area contributed by atoms with Gasteiger partial charge in [-0.15, -0.1) is 0 Å². The molecule has 1 aliphatic carbocycles. The van der Waals surface area contributed by atoms with E-state index in [1.165, 1.54) is 6.20 Å². The molecule has 4 aromatic rings. The fraction of sp³-hybridized carbons (Fsp3) is 0.417. The predicted octanol–water partition coefficient (Wildman–Crippen LogP) is 4.08. The van der Waals surface area contributed by atoms with Crippen molar-refractivity contribution in [2.24, 2.45) is 5.92 Å². The van der Waals surface area contributed by atoms with Crippen LogP contribution in [0.2, 0.25) is 4.34 Å². The van der Waals surface area contributed by atoms with Crippen LogP contribution in [0.1, 0.15) is 54.8 Å². The Hall–Kier alpha value is -2.95. The number of pyridine rings is 1. The number of amides is 1. The number of hydrogen-bond donors (Lipinski definition) is 2. The molecule has 5 rings (SSSR count). The van der Waals surface area contributed by atoms with Crippen molar-refractivity contribution in [1.82, 2.24) is 34.8 Å². The highest BCUT2D eigenvalue weighted by Crippen LogP contribution is 2.35. The van der Waals surface area contributed by atoms with Crippen molar-refractivity contribution in [3.63, 3.8) is 0 Å². The van der Waals surface area contributed by atoms with Crippen molar-refractivity contribution in [2.75, 3.05) is 0 Å². The molecule has 0 spiro atoms. The molecule has 1 amide bonds. The molecule has 0 saturated heterocycles. The number of thiazole rings is 1. The summed E-state index contributed by atoms with van der Waals surface area (Å²) in [6.07, 6.45) is 8.83. The Balaban J connectivity index is 1.51. The van der Waals surface area contributed by atoms with Gasteiger partial charge >= 0.3 is 0 Å². The quantitative estimate of drug-likeness (QED) is 0.400. The number of aliphatic hydroxyl groups excluding tert-OH is 1. The van der Waals surface area contributed by atoms with Crippen molar-refractivity contribution in [1.29, 1.82) is 0 Å². The van der Waals surface area contributed by atoms with Crippen LogP contribution < -0.4 is 5.32 Å². The number of nitrogens with zero attached hydrogens (tertiary/aromatic N) is 6. The van der Waals surface area contributed by atoms with E-state index in [9.17, 15) is 9.90 Å². The number of halogens is 1. The van der Waals surface area contributed by atoms with E-state index < -0.39 is 12.1 Å². The van der Waals surface area contributed by atoms with Crippen LogP contribution in [0.25, 0.3) is 22.6 Å². The van der Waals surface area contributed by atoms with Gasteiger partial charge in [0, 0.05) is 18.8 Å². The Labute approximate surface area is 211 Å². The van der Waals surface area contributed by atoms with Crippen LogP contribution >= 0.6 is 22.9 Å². The topological polar surface area (TPSA) is 119 Å². The lowest BCUT2D eigenvalue weighted by molar-refractivity contribution is 0.0402. The van der Waals surface area contributed by atoms with Crippen molar-refractivity contribution in [2.45, 2.75) is 57.7 Å². The summed E-state index contributed by atoms with van der Waals surface area (Å²) in [7, 11) is 0. The molecule has 0 aromatic carbocycles. The van der Waals surface area contributed by atoms with E-state index in [1.54, 1.807) is 24.7 Å². The summed E-state index contributed by atoms with van der Waals surface area (Å²) in [4.78, 5) is 34.8. The molecule has 0 aliphatic heterocycles. The summed E-state index contributed by atoms with van der Waals surface area (Å²) in [5.41, 5.74) is 2.28. The molecule has 0 bridgehead atoms. The summed E-state index contributed by atoms with van der Waals surface area (Å²) < 4.78 is 2.58. The monoisotopic (exact) mass is 511 g/mol. The van der Waals surface area contributed by atoms with Gasteiger partial charge in [-0.3, -0.25) is 9.78 Å². The second kappa shape index (κ2) is 9.96. The Kier molecular flexibility index (Phi) is 6.77.